The first-order valence-corrected chi connectivity index (χ1v) is 6.08. The number of nitrogens with one attached hydrogen (secondary N) is 1. The van der Waals surface area contributed by atoms with E-state index in [2.05, 4.69) is 15.3 Å². The largest absolute Gasteiger partial charge is 0.381 e. The lowest BCUT2D eigenvalue weighted by Gasteiger charge is -2.35. The summed E-state index contributed by atoms with van der Waals surface area (Å²) >= 11 is 0. The van der Waals surface area contributed by atoms with Gasteiger partial charge in [-0.1, -0.05) is 12.1 Å². The molecule has 1 fully saturated rings. The lowest BCUT2D eigenvalue weighted by molar-refractivity contribution is 0.0328. The maximum atomic E-state index is 5.91. The van der Waals surface area contributed by atoms with E-state index in [1.807, 2.05) is 24.3 Å². The second kappa shape index (κ2) is 4.42. The minimum absolute atomic E-state index is 0.358. The number of fused-ring (bicyclic) bond motifs is 1. The van der Waals surface area contributed by atoms with Crippen LogP contribution >= 0.6 is 0 Å². The van der Waals surface area contributed by atoms with Gasteiger partial charge in [0.1, 0.15) is 0 Å². The summed E-state index contributed by atoms with van der Waals surface area (Å²) in [5, 5.41) is 3.32. The lowest BCUT2D eigenvalue weighted by Crippen LogP contribution is -2.40. The molecule has 0 saturated heterocycles. The molecule has 0 aliphatic heterocycles. The van der Waals surface area contributed by atoms with Gasteiger partial charge >= 0.3 is 0 Å². The Kier molecular flexibility index (Phi) is 2.76. The molecule has 18 heavy (non-hydrogen) atoms. The molecule has 0 amide bonds. The molecule has 0 unspecified atom stereocenters. The van der Waals surface area contributed by atoms with Crippen LogP contribution in [-0.2, 0) is 4.74 Å². The van der Waals surface area contributed by atoms with Crippen LogP contribution in [0.25, 0.3) is 11.0 Å². The molecule has 0 atom stereocenters. The number of methoxy groups -OCH3 is 1. The zero-order chi connectivity index (χ0) is 12.5. The SMILES string of the molecule is COC1CC(Nc2nc3ccccc3nc2N)C1. The monoisotopic (exact) mass is 244 g/mol. The number of nitrogens with two attached hydrogens (primary N) is 1. The van der Waals surface area contributed by atoms with E-state index in [9.17, 15) is 0 Å². The van der Waals surface area contributed by atoms with E-state index in [0.29, 0.717) is 23.8 Å². The number of ether oxygens (including phenoxy) is 1. The van der Waals surface area contributed by atoms with Crippen LogP contribution in [0, 0.1) is 0 Å². The summed E-state index contributed by atoms with van der Waals surface area (Å²) < 4.78 is 5.25. The molecule has 1 aromatic carbocycles. The third-order valence-electron chi connectivity index (χ3n) is 3.37. The molecule has 3 rings (SSSR count). The van der Waals surface area contributed by atoms with Crippen molar-refractivity contribution in [2.45, 2.75) is 25.0 Å². The van der Waals surface area contributed by atoms with Crippen LogP contribution in [-0.4, -0.2) is 29.2 Å². The van der Waals surface area contributed by atoms with E-state index in [-0.39, 0.29) is 0 Å². The first kappa shape index (κ1) is 11.2. The average Bonchev–Trinajstić information content (AvgIpc) is 2.33. The van der Waals surface area contributed by atoms with Gasteiger partial charge < -0.3 is 15.8 Å². The number of nitrogen functional groups attached to an aromatic ring is 1. The van der Waals surface area contributed by atoms with Crippen molar-refractivity contribution < 1.29 is 4.74 Å². The number of para-hydroxylation sites is 2. The van der Waals surface area contributed by atoms with Gasteiger partial charge in [0.05, 0.1) is 17.1 Å². The van der Waals surface area contributed by atoms with E-state index in [1.165, 1.54) is 0 Å². The molecule has 0 radical (unpaired) electrons. The highest BCUT2D eigenvalue weighted by atomic mass is 16.5. The fourth-order valence-electron chi connectivity index (χ4n) is 2.19. The number of hydrogen-bond donors (Lipinski definition) is 2. The third kappa shape index (κ3) is 1.97. The van der Waals surface area contributed by atoms with Gasteiger partial charge in [-0.2, -0.15) is 0 Å². The Hall–Kier alpha value is -1.88. The summed E-state index contributed by atoms with van der Waals surface area (Å²) in [7, 11) is 1.74. The summed E-state index contributed by atoms with van der Waals surface area (Å²) in [6.07, 6.45) is 2.34. The Balaban J connectivity index is 1.81. The van der Waals surface area contributed by atoms with Gasteiger partial charge in [0.25, 0.3) is 0 Å². The number of hydrogen-bond acceptors (Lipinski definition) is 5. The Labute approximate surface area is 105 Å². The predicted octanol–water partition coefficient (Wildman–Crippen LogP) is 1.80. The number of benzene rings is 1. The fourth-order valence-corrected chi connectivity index (χ4v) is 2.19. The summed E-state index contributed by atoms with van der Waals surface area (Å²) in [5.74, 6) is 1.13. The molecular formula is C13H16N4O. The van der Waals surface area contributed by atoms with Crippen molar-refractivity contribution in [3.05, 3.63) is 24.3 Å². The van der Waals surface area contributed by atoms with Gasteiger partial charge in [0.15, 0.2) is 11.6 Å². The maximum absolute atomic E-state index is 5.91. The van der Waals surface area contributed by atoms with Gasteiger partial charge in [0, 0.05) is 13.2 Å². The second-order valence-corrected chi connectivity index (χ2v) is 4.62. The van der Waals surface area contributed by atoms with Crippen molar-refractivity contribution in [2.75, 3.05) is 18.2 Å². The van der Waals surface area contributed by atoms with Crippen molar-refractivity contribution in [3.63, 3.8) is 0 Å². The summed E-state index contributed by atoms with van der Waals surface area (Å²) in [4.78, 5) is 8.86. The van der Waals surface area contributed by atoms with Crippen LogP contribution in [0.5, 0.6) is 0 Å². The number of nitrogens with zero attached hydrogens (tertiary/aromatic N) is 2. The molecule has 1 heterocycles. The van der Waals surface area contributed by atoms with Gasteiger partial charge in [-0.25, -0.2) is 9.97 Å². The molecule has 1 saturated carbocycles. The van der Waals surface area contributed by atoms with E-state index in [4.69, 9.17) is 10.5 Å². The number of rotatable bonds is 3. The number of anilines is 2. The molecule has 2 aromatic rings. The summed E-state index contributed by atoms with van der Waals surface area (Å²) in [6.45, 7) is 0. The molecule has 1 aliphatic carbocycles. The topological polar surface area (TPSA) is 73.1 Å². The molecule has 94 valence electrons. The molecule has 1 aliphatic rings. The molecule has 5 heteroatoms. The van der Waals surface area contributed by atoms with Crippen LogP contribution in [0.15, 0.2) is 24.3 Å². The smallest absolute Gasteiger partial charge is 0.169 e. The zero-order valence-electron chi connectivity index (χ0n) is 10.3. The van der Waals surface area contributed by atoms with E-state index >= 15 is 0 Å². The Morgan fingerprint density at radius 3 is 2.56 bits per heavy atom. The van der Waals surface area contributed by atoms with Crippen LogP contribution in [0.2, 0.25) is 0 Å². The first-order chi connectivity index (χ1) is 8.76. The van der Waals surface area contributed by atoms with Crippen LogP contribution < -0.4 is 11.1 Å². The van der Waals surface area contributed by atoms with Gasteiger partial charge in [0.2, 0.25) is 0 Å². The standard InChI is InChI=1S/C13H16N4O/c1-18-9-6-8(7-9)15-13-12(14)16-10-4-2-3-5-11(10)17-13/h2-5,8-9H,6-7H2,1H3,(H2,14,16)(H,15,17). The van der Waals surface area contributed by atoms with Gasteiger partial charge in [-0.15, -0.1) is 0 Å². The molecule has 5 nitrogen and oxygen atoms in total. The Bertz CT molecular complexity index is 566. The molecule has 0 spiro atoms. The maximum Gasteiger partial charge on any atom is 0.169 e. The van der Waals surface area contributed by atoms with Crippen molar-refractivity contribution in [3.8, 4) is 0 Å². The summed E-state index contributed by atoms with van der Waals surface area (Å²) in [6, 6.07) is 8.10. The van der Waals surface area contributed by atoms with E-state index in [1.54, 1.807) is 7.11 Å². The predicted molar refractivity (Wildman–Crippen MR) is 71.4 cm³/mol. The molecule has 0 bridgehead atoms. The fraction of sp³-hybridized carbons (Fsp3) is 0.385. The van der Waals surface area contributed by atoms with Crippen molar-refractivity contribution in [2.24, 2.45) is 0 Å². The Morgan fingerprint density at radius 2 is 1.89 bits per heavy atom. The Morgan fingerprint density at radius 1 is 1.22 bits per heavy atom. The third-order valence-corrected chi connectivity index (χ3v) is 3.37. The lowest BCUT2D eigenvalue weighted by atomic mass is 9.89. The van der Waals surface area contributed by atoms with Crippen LogP contribution in [0.1, 0.15) is 12.8 Å². The van der Waals surface area contributed by atoms with Crippen molar-refractivity contribution >= 4 is 22.7 Å². The van der Waals surface area contributed by atoms with Crippen LogP contribution in [0.3, 0.4) is 0 Å². The highest BCUT2D eigenvalue weighted by molar-refractivity contribution is 5.79. The molecule has 3 N–H and O–H groups in total. The first-order valence-electron chi connectivity index (χ1n) is 6.08. The normalized spacial score (nSPS) is 22.7. The van der Waals surface area contributed by atoms with Crippen LogP contribution in [0.4, 0.5) is 11.6 Å². The minimum atomic E-state index is 0.358. The summed E-state index contributed by atoms with van der Waals surface area (Å²) in [5.41, 5.74) is 7.59. The minimum Gasteiger partial charge on any atom is -0.381 e. The highest BCUT2D eigenvalue weighted by Crippen LogP contribution is 2.28. The zero-order valence-corrected chi connectivity index (χ0v) is 10.3. The number of aromatic nitrogens is 2. The van der Waals surface area contributed by atoms with Gasteiger partial charge in [-0.05, 0) is 25.0 Å². The van der Waals surface area contributed by atoms with Crippen molar-refractivity contribution in [1.82, 2.24) is 9.97 Å². The quantitative estimate of drug-likeness (QED) is 0.861. The van der Waals surface area contributed by atoms with Crippen molar-refractivity contribution in [1.29, 1.82) is 0 Å². The second-order valence-electron chi connectivity index (χ2n) is 4.62. The molecule has 1 aromatic heterocycles. The van der Waals surface area contributed by atoms with E-state index < -0.39 is 0 Å². The highest BCUT2D eigenvalue weighted by Gasteiger charge is 2.29. The van der Waals surface area contributed by atoms with Gasteiger partial charge in [-0.3, -0.25) is 0 Å². The average molecular weight is 244 g/mol. The van der Waals surface area contributed by atoms with E-state index in [0.717, 1.165) is 23.9 Å². The molecular weight excluding hydrogens is 228 g/mol.